The molecule has 0 saturated heterocycles. The highest BCUT2D eigenvalue weighted by molar-refractivity contribution is 5.83. The highest BCUT2D eigenvalue weighted by Gasteiger charge is 2.22. The van der Waals surface area contributed by atoms with Crippen molar-refractivity contribution in [2.24, 2.45) is 7.05 Å². The van der Waals surface area contributed by atoms with Gasteiger partial charge in [0.25, 0.3) is 0 Å². The zero-order valence-electron chi connectivity index (χ0n) is 10.8. The molecule has 0 atom stereocenters. The Morgan fingerprint density at radius 3 is 2.58 bits per heavy atom. The lowest BCUT2D eigenvalue weighted by atomic mass is 10.0. The van der Waals surface area contributed by atoms with Crippen LogP contribution >= 0.6 is 0 Å². The van der Waals surface area contributed by atoms with Gasteiger partial charge in [-0.3, -0.25) is 0 Å². The van der Waals surface area contributed by atoms with E-state index in [4.69, 9.17) is 0 Å². The van der Waals surface area contributed by atoms with Crippen LogP contribution < -0.4 is 0 Å². The summed E-state index contributed by atoms with van der Waals surface area (Å²) in [6, 6.07) is 15.2. The van der Waals surface area contributed by atoms with Crippen LogP contribution in [-0.2, 0) is 13.5 Å². The van der Waals surface area contributed by atoms with Gasteiger partial charge in [-0.15, -0.1) is 0 Å². The van der Waals surface area contributed by atoms with Gasteiger partial charge < -0.3 is 4.57 Å². The summed E-state index contributed by atoms with van der Waals surface area (Å²) in [5.74, 6) is 1.05. The van der Waals surface area contributed by atoms with Crippen molar-refractivity contribution in [3.8, 4) is 22.5 Å². The van der Waals surface area contributed by atoms with Crippen LogP contribution in [0.25, 0.3) is 22.5 Å². The molecule has 0 fully saturated rings. The van der Waals surface area contributed by atoms with E-state index in [0.717, 1.165) is 12.2 Å². The van der Waals surface area contributed by atoms with Crippen molar-refractivity contribution in [2.45, 2.75) is 6.42 Å². The second kappa shape index (κ2) is 3.82. The van der Waals surface area contributed by atoms with Crippen LogP contribution in [-0.4, -0.2) is 9.55 Å². The van der Waals surface area contributed by atoms with Crippen LogP contribution in [0.4, 0.5) is 0 Å². The zero-order valence-corrected chi connectivity index (χ0v) is 10.8. The summed E-state index contributed by atoms with van der Waals surface area (Å²) in [6.07, 6.45) is 4.86. The summed E-state index contributed by atoms with van der Waals surface area (Å²) < 4.78 is 2.08. The third-order valence-corrected chi connectivity index (χ3v) is 3.91. The molecule has 1 aromatic heterocycles. The molecule has 2 nitrogen and oxygen atoms in total. The molecular formula is C17H14N2. The first-order chi connectivity index (χ1) is 9.34. The first kappa shape index (κ1) is 10.6. The molecule has 0 saturated carbocycles. The molecule has 4 rings (SSSR count). The molecular weight excluding hydrogens is 232 g/mol. The molecule has 0 spiro atoms. The number of hydrogen-bond donors (Lipinski definition) is 0. The largest absolute Gasteiger partial charge is 0.334 e. The fourth-order valence-corrected chi connectivity index (χ4v) is 2.99. The highest BCUT2D eigenvalue weighted by Crippen LogP contribution is 2.40. The standard InChI is InChI=1S/C17H14N2/c1-19-10-9-18-17(19)15-8-4-7-14-13-6-3-2-5-12(13)11-16(14)15/h2-10H,11H2,1H3. The number of fused-ring (bicyclic) bond motifs is 3. The van der Waals surface area contributed by atoms with E-state index in [1.54, 1.807) is 0 Å². The van der Waals surface area contributed by atoms with Gasteiger partial charge in [0.15, 0.2) is 0 Å². The molecule has 0 amide bonds. The number of imidazole rings is 1. The van der Waals surface area contributed by atoms with E-state index in [1.165, 1.54) is 27.8 Å². The van der Waals surface area contributed by atoms with Crippen LogP contribution in [0.3, 0.4) is 0 Å². The first-order valence-electron chi connectivity index (χ1n) is 6.52. The van der Waals surface area contributed by atoms with E-state index in [2.05, 4.69) is 52.0 Å². The Labute approximate surface area is 112 Å². The number of benzene rings is 2. The summed E-state index contributed by atoms with van der Waals surface area (Å²) in [5, 5.41) is 0. The number of hydrogen-bond acceptors (Lipinski definition) is 1. The third kappa shape index (κ3) is 1.46. The maximum Gasteiger partial charge on any atom is 0.139 e. The lowest BCUT2D eigenvalue weighted by Gasteiger charge is -2.08. The molecule has 1 aliphatic carbocycles. The van der Waals surface area contributed by atoms with Gasteiger partial charge >= 0.3 is 0 Å². The lowest BCUT2D eigenvalue weighted by molar-refractivity contribution is 0.922. The smallest absolute Gasteiger partial charge is 0.139 e. The molecule has 0 bridgehead atoms. The molecule has 0 aliphatic heterocycles. The molecule has 2 heteroatoms. The van der Waals surface area contributed by atoms with E-state index in [-0.39, 0.29) is 0 Å². The van der Waals surface area contributed by atoms with E-state index in [9.17, 15) is 0 Å². The molecule has 1 aliphatic rings. The SMILES string of the molecule is Cn1ccnc1-c1cccc2c1Cc1ccccc1-2. The Morgan fingerprint density at radius 1 is 0.947 bits per heavy atom. The Morgan fingerprint density at radius 2 is 1.74 bits per heavy atom. The minimum absolute atomic E-state index is 1.01. The van der Waals surface area contributed by atoms with Gasteiger partial charge in [0.05, 0.1) is 0 Å². The Hall–Kier alpha value is -2.35. The topological polar surface area (TPSA) is 17.8 Å². The summed E-state index contributed by atoms with van der Waals surface area (Å²) >= 11 is 0. The van der Waals surface area contributed by atoms with Crippen molar-refractivity contribution in [1.29, 1.82) is 0 Å². The minimum Gasteiger partial charge on any atom is -0.334 e. The molecule has 1 heterocycles. The van der Waals surface area contributed by atoms with E-state index in [0.29, 0.717) is 0 Å². The van der Waals surface area contributed by atoms with E-state index >= 15 is 0 Å². The number of nitrogens with zero attached hydrogens (tertiary/aromatic N) is 2. The zero-order chi connectivity index (χ0) is 12.8. The Balaban J connectivity index is 1.97. The van der Waals surface area contributed by atoms with Crippen LogP contribution in [0.5, 0.6) is 0 Å². The second-order valence-corrected chi connectivity index (χ2v) is 5.03. The van der Waals surface area contributed by atoms with Crippen LogP contribution in [0, 0.1) is 0 Å². The quantitative estimate of drug-likeness (QED) is 0.501. The maximum atomic E-state index is 4.49. The van der Waals surface area contributed by atoms with Gasteiger partial charge in [0.1, 0.15) is 5.82 Å². The Bertz CT molecular complexity index is 768. The first-order valence-corrected chi connectivity index (χ1v) is 6.52. The van der Waals surface area contributed by atoms with Crippen molar-refractivity contribution in [2.75, 3.05) is 0 Å². The molecule has 0 radical (unpaired) electrons. The monoisotopic (exact) mass is 246 g/mol. The third-order valence-electron chi connectivity index (χ3n) is 3.91. The number of aryl methyl sites for hydroxylation is 1. The predicted molar refractivity (Wildman–Crippen MR) is 76.9 cm³/mol. The second-order valence-electron chi connectivity index (χ2n) is 5.03. The summed E-state index contributed by atoms with van der Waals surface area (Å²) in [6.45, 7) is 0. The van der Waals surface area contributed by atoms with Gasteiger partial charge in [-0.1, -0.05) is 42.5 Å². The highest BCUT2D eigenvalue weighted by atomic mass is 15.0. The molecule has 2 aromatic carbocycles. The lowest BCUT2D eigenvalue weighted by Crippen LogP contribution is -1.95. The normalized spacial score (nSPS) is 12.3. The van der Waals surface area contributed by atoms with Crippen molar-refractivity contribution in [3.05, 3.63) is 66.0 Å². The number of aromatic nitrogens is 2. The fraction of sp³-hybridized carbons (Fsp3) is 0.118. The van der Waals surface area contributed by atoms with Gasteiger partial charge in [0, 0.05) is 25.0 Å². The molecule has 0 N–H and O–H groups in total. The predicted octanol–water partition coefficient (Wildman–Crippen LogP) is 3.66. The van der Waals surface area contributed by atoms with E-state index in [1.807, 2.05) is 19.4 Å². The molecule has 19 heavy (non-hydrogen) atoms. The van der Waals surface area contributed by atoms with Crippen molar-refractivity contribution >= 4 is 0 Å². The maximum absolute atomic E-state index is 4.49. The van der Waals surface area contributed by atoms with Gasteiger partial charge in [0.2, 0.25) is 0 Å². The summed E-state index contributed by atoms with van der Waals surface area (Å²) in [5.41, 5.74) is 6.79. The van der Waals surface area contributed by atoms with Gasteiger partial charge in [-0.2, -0.15) is 0 Å². The fourth-order valence-electron chi connectivity index (χ4n) is 2.99. The van der Waals surface area contributed by atoms with Gasteiger partial charge in [-0.05, 0) is 28.7 Å². The summed E-state index contributed by atoms with van der Waals surface area (Å²) in [4.78, 5) is 4.49. The van der Waals surface area contributed by atoms with Crippen LogP contribution in [0.15, 0.2) is 54.9 Å². The van der Waals surface area contributed by atoms with Gasteiger partial charge in [-0.25, -0.2) is 4.98 Å². The molecule has 0 unspecified atom stereocenters. The minimum atomic E-state index is 1.01. The number of rotatable bonds is 1. The summed E-state index contributed by atoms with van der Waals surface area (Å²) in [7, 11) is 2.05. The molecule has 92 valence electrons. The van der Waals surface area contributed by atoms with Crippen LogP contribution in [0.1, 0.15) is 11.1 Å². The van der Waals surface area contributed by atoms with E-state index < -0.39 is 0 Å². The average Bonchev–Trinajstić information content (AvgIpc) is 3.02. The average molecular weight is 246 g/mol. The Kier molecular flexibility index (Phi) is 2.12. The van der Waals surface area contributed by atoms with Crippen molar-refractivity contribution in [1.82, 2.24) is 9.55 Å². The molecule has 3 aromatic rings. The van der Waals surface area contributed by atoms with Crippen LogP contribution in [0.2, 0.25) is 0 Å². The van der Waals surface area contributed by atoms with Crippen molar-refractivity contribution < 1.29 is 0 Å². The van der Waals surface area contributed by atoms with Crippen molar-refractivity contribution in [3.63, 3.8) is 0 Å².